The zero-order valence-corrected chi connectivity index (χ0v) is 16.3. The zero-order chi connectivity index (χ0) is 15.3. The summed E-state index contributed by atoms with van der Waals surface area (Å²) in [7, 11) is 0. The van der Waals surface area contributed by atoms with Crippen LogP contribution in [0.3, 0.4) is 0 Å². The fourth-order valence-corrected chi connectivity index (χ4v) is 5.34. The third-order valence-electron chi connectivity index (χ3n) is 6.34. The van der Waals surface area contributed by atoms with Crippen molar-refractivity contribution in [3.05, 3.63) is 35.2 Å². The van der Waals surface area contributed by atoms with E-state index < -0.39 is 0 Å². The Labute approximate surface area is 151 Å². The van der Waals surface area contributed by atoms with Gasteiger partial charge in [0, 0.05) is 19.5 Å². The van der Waals surface area contributed by atoms with E-state index in [-0.39, 0.29) is 17.0 Å². The quantitative estimate of drug-likeness (QED) is 0.630. The Kier molecular flexibility index (Phi) is 5.17. The Morgan fingerprint density at radius 2 is 1.91 bits per heavy atom. The van der Waals surface area contributed by atoms with Crippen molar-refractivity contribution in [3.8, 4) is 0 Å². The zero-order valence-electron chi connectivity index (χ0n) is 14.7. The second-order valence-electron chi connectivity index (χ2n) is 7.31. The molecule has 0 amide bonds. The summed E-state index contributed by atoms with van der Waals surface area (Å²) in [5, 5.41) is 0. The fourth-order valence-electron chi connectivity index (χ4n) is 5.34. The summed E-state index contributed by atoms with van der Waals surface area (Å²) in [4.78, 5) is 7.13. The second kappa shape index (κ2) is 6.83. The first kappa shape index (κ1) is 17.4. The molecule has 128 valence electrons. The van der Waals surface area contributed by atoms with E-state index in [9.17, 15) is 0 Å². The average Bonchev–Trinajstić information content (AvgIpc) is 2.92. The molecule has 0 saturated carbocycles. The molecule has 0 aromatic heterocycles. The van der Waals surface area contributed by atoms with Gasteiger partial charge in [-0.25, -0.2) is 0 Å². The lowest BCUT2D eigenvalue weighted by atomic mass is 9.84. The van der Waals surface area contributed by atoms with Crippen molar-refractivity contribution in [3.63, 3.8) is 0 Å². The van der Waals surface area contributed by atoms with E-state index in [1.165, 1.54) is 45.4 Å². The van der Waals surface area contributed by atoms with Crippen LogP contribution in [0, 0.1) is 0 Å². The number of fused-ring (bicyclic) bond motifs is 4. The minimum Gasteiger partial charge on any atom is -1.00 e. The highest BCUT2D eigenvalue weighted by atomic mass is 79.9. The molecule has 4 atom stereocenters. The number of hydrogen-bond donors (Lipinski definition) is 1. The molecule has 3 aliphatic heterocycles. The minimum atomic E-state index is 0. The van der Waals surface area contributed by atoms with Gasteiger partial charge in [-0.2, -0.15) is 0 Å². The summed E-state index contributed by atoms with van der Waals surface area (Å²) in [6, 6.07) is 2.06. The molecule has 4 heteroatoms. The molecule has 3 unspecified atom stereocenters. The number of nitrogens with one attached hydrogen (secondary N) is 1. The summed E-state index contributed by atoms with van der Waals surface area (Å²) in [5.74, 6) is 0. The molecule has 0 aromatic carbocycles. The normalized spacial score (nSPS) is 36.9. The third kappa shape index (κ3) is 2.68. The molecule has 4 aliphatic rings. The average molecular weight is 380 g/mol. The van der Waals surface area contributed by atoms with E-state index >= 15 is 0 Å². The predicted octanol–water partition coefficient (Wildman–Crippen LogP) is -1.44. The van der Waals surface area contributed by atoms with Crippen molar-refractivity contribution >= 4 is 0 Å². The Morgan fingerprint density at radius 1 is 1.17 bits per heavy atom. The molecule has 0 aromatic rings. The van der Waals surface area contributed by atoms with Crippen LogP contribution in [0.1, 0.15) is 40.0 Å². The largest absolute Gasteiger partial charge is 1.00 e. The summed E-state index contributed by atoms with van der Waals surface area (Å²) >= 11 is 0. The van der Waals surface area contributed by atoms with Gasteiger partial charge >= 0.3 is 0 Å². The van der Waals surface area contributed by atoms with Crippen molar-refractivity contribution in [1.82, 2.24) is 9.80 Å². The van der Waals surface area contributed by atoms with Gasteiger partial charge in [-0.1, -0.05) is 19.9 Å². The van der Waals surface area contributed by atoms with Crippen molar-refractivity contribution in [2.24, 2.45) is 0 Å². The van der Waals surface area contributed by atoms with Crippen LogP contribution >= 0.6 is 0 Å². The summed E-state index contributed by atoms with van der Waals surface area (Å²) < 4.78 is 0. The lowest BCUT2D eigenvalue weighted by Gasteiger charge is -2.51. The Balaban J connectivity index is 0.00000156. The second-order valence-corrected chi connectivity index (χ2v) is 7.31. The van der Waals surface area contributed by atoms with Gasteiger partial charge in [-0.05, 0) is 50.1 Å². The van der Waals surface area contributed by atoms with Gasteiger partial charge in [0.25, 0.3) is 0 Å². The van der Waals surface area contributed by atoms with Gasteiger partial charge in [0.15, 0.2) is 0 Å². The van der Waals surface area contributed by atoms with Gasteiger partial charge in [-0.3, -0.25) is 14.7 Å². The van der Waals surface area contributed by atoms with Crippen molar-refractivity contribution in [2.45, 2.75) is 58.2 Å². The molecule has 3 heterocycles. The Morgan fingerprint density at radius 3 is 2.65 bits per heavy atom. The van der Waals surface area contributed by atoms with E-state index in [2.05, 4.69) is 48.9 Å². The Bertz CT molecular complexity index is 551. The van der Waals surface area contributed by atoms with Gasteiger partial charge in [0.2, 0.25) is 0 Å². The number of hydrogen-bond acceptors (Lipinski definition) is 2. The molecule has 3 nitrogen and oxygen atoms in total. The Hall–Kier alpha value is -0.420. The first-order valence-electron chi connectivity index (χ1n) is 9.16. The topological polar surface area (TPSA) is 10.9 Å². The molecule has 0 radical (unpaired) electrons. The monoisotopic (exact) mass is 379 g/mol. The SMILES string of the molecule is CCN1CCN(CC)C2C1C(C)=C[NH+]1C3=C(CCC=C3)C[C@@H]21.[Br-]. The van der Waals surface area contributed by atoms with E-state index in [1.807, 2.05) is 0 Å². The molecule has 0 bridgehead atoms. The molecule has 1 N–H and O–H groups in total. The lowest BCUT2D eigenvalue weighted by molar-refractivity contribution is -0.831. The predicted molar refractivity (Wildman–Crippen MR) is 90.6 cm³/mol. The minimum absolute atomic E-state index is 0. The van der Waals surface area contributed by atoms with E-state index in [1.54, 1.807) is 21.7 Å². The summed E-state index contributed by atoms with van der Waals surface area (Å²) in [5.41, 5.74) is 4.92. The molecular formula is C19H30BrN3. The standard InChI is InChI=1S/C19H29N3.BrH/c1-4-20-10-11-21(5-2)19-17-12-15-8-6-7-9-16(15)22(17)13-14(3)18(19)20;/h7,9,13,17-19H,4-6,8,10-12H2,1-3H3;1H/t17-,18?,19?;/m0./s1. The van der Waals surface area contributed by atoms with Gasteiger partial charge in [-0.15, -0.1) is 0 Å². The molecular weight excluding hydrogens is 350 g/mol. The molecule has 1 aliphatic carbocycles. The number of allylic oxidation sites excluding steroid dienone is 2. The maximum atomic E-state index is 2.76. The van der Waals surface area contributed by atoms with Gasteiger partial charge in [0.1, 0.15) is 17.9 Å². The molecule has 0 spiro atoms. The van der Waals surface area contributed by atoms with Gasteiger partial charge in [0.05, 0.1) is 12.1 Å². The van der Waals surface area contributed by atoms with Crippen LogP contribution in [0.2, 0.25) is 0 Å². The summed E-state index contributed by atoms with van der Waals surface area (Å²) in [6.45, 7) is 11.9. The first-order chi connectivity index (χ1) is 10.7. The number of likely N-dealkylation sites (N-methyl/N-ethyl adjacent to an activating group) is 2. The maximum absolute atomic E-state index is 2.76. The highest BCUT2D eigenvalue weighted by molar-refractivity contribution is 5.31. The molecule has 4 rings (SSSR count). The molecule has 23 heavy (non-hydrogen) atoms. The smallest absolute Gasteiger partial charge is 0.135 e. The van der Waals surface area contributed by atoms with Gasteiger partial charge < -0.3 is 17.0 Å². The van der Waals surface area contributed by atoms with E-state index in [0.717, 1.165) is 6.04 Å². The van der Waals surface area contributed by atoms with Crippen LogP contribution in [-0.4, -0.2) is 54.1 Å². The fraction of sp³-hybridized carbons (Fsp3) is 0.684. The highest BCUT2D eigenvalue weighted by Gasteiger charge is 2.52. The van der Waals surface area contributed by atoms with Crippen LogP contribution in [0.4, 0.5) is 0 Å². The molecule has 1 saturated heterocycles. The van der Waals surface area contributed by atoms with Crippen molar-refractivity contribution < 1.29 is 21.9 Å². The van der Waals surface area contributed by atoms with E-state index in [0.29, 0.717) is 12.1 Å². The van der Waals surface area contributed by atoms with Crippen LogP contribution in [0.15, 0.2) is 35.2 Å². The van der Waals surface area contributed by atoms with E-state index in [4.69, 9.17) is 0 Å². The van der Waals surface area contributed by atoms with Crippen LogP contribution in [-0.2, 0) is 0 Å². The number of piperazine rings is 1. The number of nitrogens with zero attached hydrogens (tertiary/aromatic N) is 2. The van der Waals surface area contributed by atoms with Crippen molar-refractivity contribution in [1.29, 1.82) is 0 Å². The van der Waals surface area contributed by atoms with Crippen LogP contribution in [0.25, 0.3) is 0 Å². The third-order valence-corrected chi connectivity index (χ3v) is 6.34. The van der Waals surface area contributed by atoms with Crippen LogP contribution in [0.5, 0.6) is 0 Å². The maximum Gasteiger partial charge on any atom is 0.135 e. The number of halogens is 1. The molecule has 1 fully saturated rings. The number of quaternary nitrogens is 1. The van der Waals surface area contributed by atoms with Crippen molar-refractivity contribution in [2.75, 3.05) is 26.2 Å². The summed E-state index contributed by atoms with van der Waals surface area (Å²) in [6.07, 6.45) is 11.2. The first-order valence-corrected chi connectivity index (χ1v) is 9.16. The lowest BCUT2D eigenvalue weighted by Crippen LogP contribution is -3.12. The number of rotatable bonds is 2. The van der Waals surface area contributed by atoms with Crippen LogP contribution < -0.4 is 21.9 Å². The highest BCUT2D eigenvalue weighted by Crippen LogP contribution is 2.34.